The number of sulfonamides is 1. The molecule has 0 radical (unpaired) electrons. The van der Waals surface area contributed by atoms with Crippen LogP contribution in [0.15, 0.2) is 91.4 Å². The Hall–Kier alpha value is -4.52. The van der Waals surface area contributed by atoms with Crippen LogP contribution in [-0.4, -0.2) is 67.3 Å². The molecule has 0 fully saturated rings. The van der Waals surface area contributed by atoms with Gasteiger partial charge in [0.2, 0.25) is 10.0 Å². The molecule has 11 nitrogen and oxygen atoms in total. The van der Waals surface area contributed by atoms with Crippen LogP contribution in [0.3, 0.4) is 0 Å². The van der Waals surface area contributed by atoms with Crippen LogP contribution >= 0.6 is 0 Å². The van der Waals surface area contributed by atoms with E-state index in [0.29, 0.717) is 13.0 Å². The molecule has 5 N–H and O–H groups in total. The van der Waals surface area contributed by atoms with Crippen LogP contribution in [0.25, 0.3) is 0 Å². The first-order valence-electron chi connectivity index (χ1n) is 14.2. The molecule has 0 saturated carbocycles. The largest absolute Gasteiger partial charge is 0.390 e. The number of anilines is 1. The molecular formula is C32H38N6O5S. The zero-order valence-corrected chi connectivity index (χ0v) is 25.7. The molecule has 44 heavy (non-hydrogen) atoms. The predicted octanol–water partition coefficient (Wildman–Crippen LogP) is 2.79. The van der Waals surface area contributed by atoms with Crippen molar-refractivity contribution >= 4 is 27.5 Å². The zero-order valence-electron chi connectivity index (χ0n) is 24.9. The van der Waals surface area contributed by atoms with Crippen LogP contribution in [0.5, 0.6) is 0 Å². The molecule has 0 bridgehead atoms. The number of aromatic nitrogens is 2. The number of hydrogen-bond acceptors (Lipinski definition) is 7. The fourth-order valence-corrected chi connectivity index (χ4v) is 5.12. The Morgan fingerprint density at radius 2 is 1.57 bits per heavy atom. The summed E-state index contributed by atoms with van der Waals surface area (Å²) in [5.41, 5.74) is 2.99. The first kappa shape index (κ1) is 32.4. The number of aromatic amines is 1. The van der Waals surface area contributed by atoms with Crippen molar-refractivity contribution < 1.29 is 23.1 Å². The van der Waals surface area contributed by atoms with E-state index in [4.69, 9.17) is 0 Å². The molecule has 232 valence electrons. The second kappa shape index (κ2) is 14.8. The van der Waals surface area contributed by atoms with Crippen molar-refractivity contribution in [1.82, 2.24) is 25.9 Å². The van der Waals surface area contributed by atoms with Gasteiger partial charge in [-0.25, -0.2) is 13.4 Å². The highest BCUT2D eigenvalue weighted by Gasteiger charge is 2.25. The summed E-state index contributed by atoms with van der Waals surface area (Å²) in [6.07, 6.45) is 3.65. The van der Waals surface area contributed by atoms with Crippen molar-refractivity contribution in [3.63, 3.8) is 0 Å². The minimum absolute atomic E-state index is 0.0752. The minimum atomic E-state index is -3.70. The second-order valence-electron chi connectivity index (χ2n) is 10.6. The number of rotatable bonds is 14. The molecule has 0 spiro atoms. The molecule has 1 heterocycles. The van der Waals surface area contributed by atoms with E-state index >= 15 is 0 Å². The molecule has 4 rings (SSSR count). The number of H-pyrrole nitrogens is 1. The number of carbonyl (C=O) groups excluding carboxylic acids is 2. The number of benzene rings is 3. The summed E-state index contributed by atoms with van der Waals surface area (Å²) in [4.78, 5) is 34.0. The quantitative estimate of drug-likeness (QED) is 0.146. The van der Waals surface area contributed by atoms with E-state index in [-0.39, 0.29) is 29.4 Å². The molecule has 0 aliphatic carbocycles. The normalized spacial score (nSPS) is 13.5. The Kier molecular flexibility index (Phi) is 10.9. The van der Waals surface area contributed by atoms with Gasteiger partial charge in [0.05, 0.1) is 36.5 Å². The van der Waals surface area contributed by atoms with Gasteiger partial charge in [-0.15, -0.1) is 0 Å². The van der Waals surface area contributed by atoms with Gasteiger partial charge >= 0.3 is 0 Å². The molecule has 0 saturated heterocycles. The first-order valence-corrected chi connectivity index (χ1v) is 16.0. The minimum Gasteiger partial charge on any atom is -0.390 e. The van der Waals surface area contributed by atoms with Crippen LogP contribution in [0.4, 0.5) is 5.69 Å². The van der Waals surface area contributed by atoms with Gasteiger partial charge in [0, 0.05) is 43.2 Å². The van der Waals surface area contributed by atoms with Crippen molar-refractivity contribution in [2.75, 3.05) is 24.2 Å². The molecule has 12 heteroatoms. The summed E-state index contributed by atoms with van der Waals surface area (Å²) in [5.74, 6) is -1.03. The molecule has 2 amide bonds. The highest BCUT2D eigenvalue weighted by atomic mass is 32.2. The fourth-order valence-electron chi connectivity index (χ4n) is 4.63. The molecule has 3 atom stereocenters. The summed E-state index contributed by atoms with van der Waals surface area (Å²) < 4.78 is 25.8. The lowest BCUT2D eigenvalue weighted by Gasteiger charge is -2.25. The SMILES string of the molecule is C[C@@H](NC(=O)c1cc(C(=O)N[C@@H](Cc2ccccc2)[C@H](O)CNCc2cnc[nH]2)cc(N(C)S(C)(=O)=O)c1)c1ccccc1. The van der Waals surface area contributed by atoms with Gasteiger partial charge in [-0.3, -0.25) is 13.9 Å². The number of hydrogen-bond donors (Lipinski definition) is 5. The van der Waals surface area contributed by atoms with Crippen molar-refractivity contribution in [3.05, 3.63) is 119 Å². The number of carbonyl (C=O) groups is 2. The smallest absolute Gasteiger partial charge is 0.251 e. The van der Waals surface area contributed by atoms with Crippen molar-refractivity contribution in [3.8, 4) is 0 Å². The van der Waals surface area contributed by atoms with E-state index < -0.39 is 34.0 Å². The van der Waals surface area contributed by atoms with E-state index in [9.17, 15) is 23.1 Å². The molecule has 0 unspecified atom stereocenters. The van der Waals surface area contributed by atoms with Gasteiger partial charge in [-0.2, -0.15) is 0 Å². The van der Waals surface area contributed by atoms with Crippen molar-refractivity contribution in [1.29, 1.82) is 0 Å². The highest BCUT2D eigenvalue weighted by Crippen LogP contribution is 2.22. The number of nitrogens with one attached hydrogen (secondary N) is 4. The number of amides is 2. The topological polar surface area (TPSA) is 157 Å². The second-order valence-corrected chi connectivity index (χ2v) is 12.7. The van der Waals surface area contributed by atoms with Crippen LogP contribution in [0, 0.1) is 0 Å². The third kappa shape index (κ3) is 8.99. The number of aliphatic hydroxyl groups excluding tert-OH is 1. The Morgan fingerprint density at radius 1 is 0.955 bits per heavy atom. The van der Waals surface area contributed by atoms with Crippen molar-refractivity contribution in [2.45, 2.75) is 38.1 Å². The number of imidazole rings is 1. The summed E-state index contributed by atoms with van der Waals surface area (Å²) in [5, 5.41) is 20.1. The molecule has 0 aliphatic rings. The van der Waals surface area contributed by atoms with Gasteiger partial charge in [0.1, 0.15) is 0 Å². The summed E-state index contributed by atoms with van der Waals surface area (Å²) >= 11 is 0. The molecular weight excluding hydrogens is 580 g/mol. The van der Waals surface area contributed by atoms with E-state index in [1.807, 2.05) is 67.6 Å². The maximum atomic E-state index is 13.7. The first-order chi connectivity index (χ1) is 21.0. The molecule has 1 aromatic heterocycles. The van der Waals surface area contributed by atoms with E-state index in [1.165, 1.54) is 25.2 Å². The zero-order chi connectivity index (χ0) is 31.7. The van der Waals surface area contributed by atoms with Crippen LogP contribution in [-0.2, 0) is 23.0 Å². The van der Waals surface area contributed by atoms with Gasteiger partial charge < -0.3 is 26.0 Å². The van der Waals surface area contributed by atoms with E-state index in [1.54, 1.807) is 12.5 Å². The van der Waals surface area contributed by atoms with Gasteiger partial charge in [-0.05, 0) is 42.7 Å². The maximum Gasteiger partial charge on any atom is 0.251 e. The monoisotopic (exact) mass is 618 g/mol. The lowest BCUT2D eigenvalue weighted by atomic mass is 10.00. The Bertz CT molecular complexity index is 1630. The maximum absolute atomic E-state index is 13.7. The number of nitrogens with zero attached hydrogens (tertiary/aromatic N) is 2. The summed E-state index contributed by atoms with van der Waals surface area (Å²) in [6.45, 7) is 2.46. The predicted molar refractivity (Wildman–Crippen MR) is 170 cm³/mol. The summed E-state index contributed by atoms with van der Waals surface area (Å²) in [7, 11) is -2.34. The molecule has 0 aliphatic heterocycles. The lowest BCUT2D eigenvalue weighted by Crippen LogP contribution is -2.48. The lowest BCUT2D eigenvalue weighted by molar-refractivity contribution is 0.0829. The van der Waals surface area contributed by atoms with Crippen LogP contribution < -0.4 is 20.3 Å². The average molecular weight is 619 g/mol. The number of aliphatic hydroxyl groups is 1. The van der Waals surface area contributed by atoms with E-state index in [0.717, 1.165) is 27.4 Å². The molecule has 3 aromatic carbocycles. The van der Waals surface area contributed by atoms with Crippen molar-refractivity contribution in [2.24, 2.45) is 0 Å². The van der Waals surface area contributed by atoms with Crippen LogP contribution in [0.2, 0.25) is 0 Å². The van der Waals surface area contributed by atoms with Gasteiger partial charge in [0.25, 0.3) is 11.8 Å². The van der Waals surface area contributed by atoms with Gasteiger partial charge in [-0.1, -0.05) is 60.7 Å². The van der Waals surface area contributed by atoms with E-state index in [2.05, 4.69) is 25.9 Å². The Balaban J connectivity index is 1.59. The third-order valence-corrected chi connectivity index (χ3v) is 8.46. The fraction of sp³-hybridized carbons (Fsp3) is 0.281. The average Bonchev–Trinajstić information content (AvgIpc) is 3.54. The molecule has 4 aromatic rings. The van der Waals surface area contributed by atoms with Crippen LogP contribution in [0.1, 0.15) is 50.5 Å². The standard InChI is InChI=1S/C32H38N6O5S/c1-22(24-12-8-5-9-13-24)36-31(40)25-15-26(17-28(16-25)38(2)44(3,42)43)32(41)37-29(14-23-10-6-4-7-11-23)30(39)20-33-18-27-19-34-21-35-27/h4-13,15-17,19,21-22,29-30,33,39H,14,18,20H2,1-3H3,(H,34,35)(H,36,40)(H,37,41)/t22-,29+,30-/m1/s1. The summed E-state index contributed by atoms with van der Waals surface area (Å²) in [6, 6.07) is 22.1. The van der Waals surface area contributed by atoms with Gasteiger partial charge in [0.15, 0.2) is 0 Å². The Morgan fingerprint density at radius 3 is 2.16 bits per heavy atom. The third-order valence-electron chi connectivity index (χ3n) is 7.25. The highest BCUT2D eigenvalue weighted by molar-refractivity contribution is 7.92. The Labute approximate surface area is 257 Å².